The van der Waals surface area contributed by atoms with E-state index >= 15 is 0 Å². The minimum absolute atomic E-state index is 0.141. The average molecular weight is 390 g/mol. The molecule has 6 heteroatoms. The van der Waals surface area contributed by atoms with Crippen LogP contribution in [-0.4, -0.2) is 22.3 Å². The fourth-order valence-electron chi connectivity index (χ4n) is 1.54. The van der Waals surface area contributed by atoms with Crippen molar-refractivity contribution in [3.63, 3.8) is 0 Å². The second kappa shape index (κ2) is 7.64. The molecule has 1 aromatic carbocycles. The van der Waals surface area contributed by atoms with E-state index in [1.807, 2.05) is 24.3 Å². The van der Waals surface area contributed by atoms with Crippen LogP contribution >= 0.6 is 34.4 Å². The molecule has 1 heterocycles. The van der Waals surface area contributed by atoms with Gasteiger partial charge < -0.3 is 14.7 Å². The van der Waals surface area contributed by atoms with Crippen molar-refractivity contribution < 1.29 is 4.74 Å². The van der Waals surface area contributed by atoms with Gasteiger partial charge in [-0.15, -0.1) is 0 Å². The number of imidazole rings is 1. The smallest absolute Gasteiger partial charge is 0.323 e. The van der Waals surface area contributed by atoms with E-state index in [0.717, 1.165) is 39.5 Å². The molecule has 0 aliphatic carbocycles. The largest absolute Gasteiger partial charge is 0.492 e. The minimum atomic E-state index is -0.141. The molecule has 102 valence electrons. The van der Waals surface area contributed by atoms with E-state index in [4.69, 9.17) is 4.74 Å². The highest BCUT2D eigenvalue weighted by atomic mass is 127. The quantitative estimate of drug-likeness (QED) is 0.565. The van der Waals surface area contributed by atoms with Gasteiger partial charge in [-0.2, -0.15) is 11.8 Å². The summed E-state index contributed by atoms with van der Waals surface area (Å²) in [6.45, 7) is 0.719. The molecule has 2 aromatic rings. The number of para-hydroxylation sites is 1. The molecule has 0 spiro atoms. The van der Waals surface area contributed by atoms with Crippen LogP contribution in [0.15, 0.2) is 35.3 Å². The topological polar surface area (TPSA) is 57.9 Å². The first-order valence-corrected chi connectivity index (χ1v) is 8.20. The summed E-state index contributed by atoms with van der Waals surface area (Å²) in [5.74, 6) is 2.78. The molecule has 19 heavy (non-hydrogen) atoms. The summed E-state index contributed by atoms with van der Waals surface area (Å²) in [5, 5.41) is 0. The van der Waals surface area contributed by atoms with Gasteiger partial charge in [-0.3, -0.25) is 0 Å². The molecule has 0 saturated carbocycles. The Hall–Kier alpha value is -0.890. The third-order valence-corrected chi connectivity index (χ3v) is 4.42. The van der Waals surface area contributed by atoms with Crippen LogP contribution in [0.5, 0.6) is 5.75 Å². The summed E-state index contributed by atoms with van der Waals surface area (Å²) >= 11 is 4.06. The van der Waals surface area contributed by atoms with E-state index in [-0.39, 0.29) is 5.69 Å². The number of aromatic nitrogens is 2. The number of ether oxygens (including phenoxy) is 1. The SMILES string of the molecule is O=c1[nH]cc(CSCCCOc2ccccc2I)[nH]1. The number of halogens is 1. The number of hydrogen-bond donors (Lipinski definition) is 2. The Labute approximate surface area is 129 Å². The van der Waals surface area contributed by atoms with Crippen LogP contribution in [0.3, 0.4) is 0 Å². The van der Waals surface area contributed by atoms with Crippen LogP contribution in [0.25, 0.3) is 0 Å². The summed E-state index contributed by atoms with van der Waals surface area (Å²) in [6, 6.07) is 8.00. The molecule has 4 nitrogen and oxygen atoms in total. The van der Waals surface area contributed by atoms with Crippen molar-refractivity contribution in [3.05, 3.63) is 50.2 Å². The second-order valence-electron chi connectivity index (χ2n) is 3.95. The predicted molar refractivity (Wildman–Crippen MR) is 86.8 cm³/mol. The van der Waals surface area contributed by atoms with Gasteiger partial charge >= 0.3 is 5.69 Å². The van der Waals surface area contributed by atoms with Crippen LogP contribution in [0.1, 0.15) is 12.1 Å². The Bertz CT molecular complexity index is 568. The summed E-state index contributed by atoms with van der Waals surface area (Å²) in [7, 11) is 0. The molecule has 0 radical (unpaired) electrons. The third-order valence-electron chi connectivity index (χ3n) is 2.44. The summed E-state index contributed by atoms with van der Waals surface area (Å²) in [4.78, 5) is 16.2. The van der Waals surface area contributed by atoms with Crippen LogP contribution in [0.4, 0.5) is 0 Å². The van der Waals surface area contributed by atoms with Crippen molar-refractivity contribution in [2.45, 2.75) is 12.2 Å². The maximum absolute atomic E-state index is 10.9. The number of aromatic amines is 2. The van der Waals surface area contributed by atoms with Gasteiger partial charge in [0.15, 0.2) is 0 Å². The van der Waals surface area contributed by atoms with Crippen molar-refractivity contribution in [2.24, 2.45) is 0 Å². The minimum Gasteiger partial charge on any atom is -0.492 e. The number of rotatable bonds is 7. The zero-order chi connectivity index (χ0) is 13.5. The average Bonchev–Trinajstić information content (AvgIpc) is 2.81. The highest BCUT2D eigenvalue weighted by molar-refractivity contribution is 14.1. The highest BCUT2D eigenvalue weighted by Gasteiger charge is 1.99. The molecule has 0 aliphatic heterocycles. The molecule has 2 rings (SSSR count). The van der Waals surface area contributed by atoms with E-state index < -0.39 is 0 Å². The van der Waals surface area contributed by atoms with Gasteiger partial charge in [0.05, 0.1) is 10.2 Å². The Morgan fingerprint density at radius 2 is 2.16 bits per heavy atom. The first kappa shape index (κ1) is 14.5. The van der Waals surface area contributed by atoms with Crippen molar-refractivity contribution in [3.8, 4) is 5.75 Å². The molecular formula is C13H15IN2O2S. The molecule has 0 atom stereocenters. The molecule has 0 amide bonds. The fourth-order valence-corrected chi connectivity index (χ4v) is 2.92. The number of hydrogen-bond acceptors (Lipinski definition) is 3. The van der Waals surface area contributed by atoms with E-state index in [0.29, 0.717) is 0 Å². The summed E-state index contributed by atoms with van der Waals surface area (Å²) in [6.07, 6.45) is 2.71. The predicted octanol–water partition coefficient (Wildman–Crippen LogP) is 3.01. The molecule has 1 aromatic heterocycles. The van der Waals surface area contributed by atoms with Crippen LogP contribution in [0.2, 0.25) is 0 Å². The summed E-state index contributed by atoms with van der Waals surface area (Å²) in [5.41, 5.74) is 0.797. The monoisotopic (exact) mass is 390 g/mol. The van der Waals surface area contributed by atoms with E-state index in [1.165, 1.54) is 0 Å². The van der Waals surface area contributed by atoms with Gasteiger partial charge in [0.1, 0.15) is 5.75 Å². The van der Waals surface area contributed by atoms with Gasteiger partial charge in [-0.25, -0.2) is 4.79 Å². The Kier molecular flexibility index (Phi) is 5.84. The van der Waals surface area contributed by atoms with Crippen molar-refractivity contribution in [2.75, 3.05) is 12.4 Å². The molecule has 0 bridgehead atoms. The zero-order valence-electron chi connectivity index (χ0n) is 10.3. The van der Waals surface area contributed by atoms with Gasteiger partial charge in [-0.1, -0.05) is 12.1 Å². The number of nitrogens with one attached hydrogen (secondary N) is 2. The summed E-state index contributed by atoms with van der Waals surface area (Å²) < 4.78 is 6.85. The molecule has 0 aliphatic rings. The first-order chi connectivity index (χ1) is 9.25. The molecule has 2 N–H and O–H groups in total. The van der Waals surface area contributed by atoms with Gasteiger partial charge in [0.2, 0.25) is 0 Å². The highest BCUT2D eigenvalue weighted by Crippen LogP contribution is 2.20. The van der Waals surface area contributed by atoms with Crippen molar-refractivity contribution in [1.29, 1.82) is 0 Å². The van der Waals surface area contributed by atoms with Crippen LogP contribution in [0, 0.1) is 3.57 Å². The Morgan fingerprint density at radius 1 is 1.32 bits per heavy atom. The molecule has 0 fully saturated rings. The van der Waals surface area contributed by atoms with Crippen molar-refractivity contribution in [1.82, 2.24) is 9.97 Å². The molecular weight excluding hydrogens is 375 g/mol. The first-order valence-electron chi connectivity index (χ1n) is 5.97. The standard InChI is InChI=1S/C13H15IN2O2S/c14-11-4-1-2-5-12(11)18-6-3-7-19-9-10-8-15-13(17)16-10/h1-2,4-5,8H,3,6-7,9H2,(H2,15,16,17). The molecule has 0 unspecified atom stereocenters. The van der Waals surface area contributed by atoms with Gasteiger partial charge in [0, 0.05) is 17.6 Å². The lowest BCUT2D eigenvalue weighted by atomic mass is 10.3. The fraction of sp³-hybridized carbons (Fsp3) is 0.308. The Balaban J connectivity index is 1.60. The number of benzene rings is 1. The van der Waals surface area contributed by atoms with E-state index in [1.54, 1.807) is 18.0 Å². The Morgan fingerprint density at radius 3 is 2.89 bits per heavy atom. The lowest BCUT2D eigenvalue weighted by Crippen LogP contribution is -2.01. The van der Waals surface area contributed by atoms with E-state index in [9.17, 15) is 4.79 Å². The normalized spacial score (nSPS) is 10.6. The number of H-pyrrole nitrogens is 2. The van der Waals surface area contributed by atoms with Gasteiger partial charge in [0.25, 0.3) is 0 Å². The second-order valence-corrected chi connectivity index (χ2v) is 6.22. The zero-order valence-corrected chi connectivity index (χ0v) is 13.3. The lowest BCUT2D eigenvalue weighted by molar-refractivity contribution is 0.316. The third kappa shape index (κ3) is 4.94. The maximum Gasteiger partial charge on any atom is 0.323 e. The van der Waals surface area contributed by atoms with Crippen LogP contribution < -0.4 is 10.4 Å². The number of thioether (sulfide) groups is 1. The van der Waals surface area contributed by atoms with E-state index in [2.05, 4.69) is 32.6 Å². The van der Waals surface area contributed by atoms with Crippen LogP contribution in [-0.2, 0) is 5.75 Å². The van der Waals surface area contributed by atoms with Crippen molar-refractivity contribution >= 4 is 34.4 Å². The molecule has 0 saturated heterocycles. The van der Waals surface area contributed by atoms with Gasteiger partial charge in [-0.05, 0) is 46.9 Å². The maximum atomic E-state index is 10.9. The lowest BCUT2D eigenvalue weighted by Gasteiger charge is -2.07.